The van der Waals surface area contributed by atoms with Crippen molar-refractivity contribution >= 4 is 5.91 Å². The molecule has 7 heteroatoms. The van der Waals surface area contributed by atoms with Gasteiger partial charge in [-0.15, -0.1) is 0 Å². The predicted molar refractivity (Wildman–Crippen MR) is 96.5 cm³/mol. The van der Waals surface area contributed by atoms with Crippen molar-refractivity contribution in [2.75, 3.05) is 19.6 Å². The van der Waals surface area contributed by atoms with Gasteiger partial charge >= 0.3 is 0 Å². The van der Waals surface area contributed by atoms with Crippen molar-refractivity contribution in [3.8, 4) is 0 Å². The summed E-state index contributed by atoms with van der Waals surface area (Å²) in [4.78, 5) is 23.1. The zero-order valence-electron chi connectivity index (χ0n) is 15.4. The Labute approximate surface area is 153 Å². The molecule has 1 saturated heterocycles. The van der Waals surface area contributed by atoms with Crippen molar-refractivity contribution in [3.05, 3.63) is 46.9 Å². The molecule has 1 aliphatic rings. The number of aliphatic hydroxyl groups excluding tert-OH is 1. The smallest absolute Gasteiger partial charge is 0.270 e. The normalized spacial score (nSPS) is 18.0. The van der Waals surface area contributed by atoms with E-state index in [2.05, 4.69) is 20.2 Å². The molecule has 0 aliphatic carbocycles. The Hall–Kier alpha value is -2.25. The Morgan fingerprint density at radius 1 is 1.35 bits per heavy atom. The number of amides is 1. The van der Waals surface area contributed by atoms with Crippen LogP contribution in [0, 0.1) is 19.8 Å². The second kappa shape index (κ2) is 8.42. The average Bonchev–Trinajstić information content (AvgIpc) is 3.07. The molecule has 3 heterocycles. The molecule has 2 N–H and O–H groups in total. The van der Waals surface area contributed by atoms with Gasteiger partial charge in [0.15, 0.2) is 0 Å². The SMILES string of the molecule is Cc1cc(C(=O)NCC2CCCN(Cc3ccc(CO)o3)C2)nc(C)n1. The minimum Gasteiger partial charge on any atom is -0.462 e. The highest BCUT2D eigenvalue weighted by molar-refractivity contribution is 5.92. The number of furan rings is 1. The fourth-order valence-corrected chi connectivity index (χ4v) is 3.44. The number of hydrogen-bond donors (Lipinski definition) is 2. The van der Waals surface area contributed by atoms with Crippen LogP contribution in [0.5, 0.6) is 0 Å². The molecule has 2 aromatic heterocycles. The summed E-state index contributed by atoms with van der Waals surface area (Å²) in [6, 6.07) is 5.44. The summed E-state index contributed by atoms with van der Waals surface area (Å²) in [6.07, 6.45) is 2.19. The first-order valence-electron chi connectivity index (χ1n) is 9.05. The second-order valence-corrected chi connectivity index (χ2v) is 6.92. The lowest BCUT2D eigenvalue weighted by Gasteiger charge is -2.32. The van der Waals surface area contributed by atoms with Crippen LogP contribution in [0.25, 0.3) is 0 Å². The molecule has 3 rings (SSSR count). The van der Waals surface area contributed by atoms with Gasteiger partial charge in [-0.25, -0.2) is 9.97 Å². The van der Waals surface area contributed by atoms with Crippen LogP contribution in [-0.4, -0.2) is 45.5 Å². The molecule has 7 nitrogen and oxygen atoms in total. The third-order valence-corrected chi connectivity index (χ3v) is 4.61. The average molecular weight is 358 g/mol. The van der Waals surface area contributed by atoms with E-state index in [9.17, 15) is 4.79 Å². The van der Waals surface area contributed by atoms with Crippen LogP contribution in [0.1, 0.15) is 46.4 Å². The zero-order valence-corrected chi connectivity index (χ0v) is 15.4. The largest absolute Gasteiger partial charge is 0.462 e. The Balaban J connectivity index is 1.50. The van der Waals surface area contributed by atoms with Crippen LogP contribution in [0.4, 0.5) is 0 Å². The number of aromatic nitrogens is 2. The molecule has 1 atom stereocenters. The summed E-state index contributed by atoms with van der Waals surface area (Å²) >= 11 is 0. The van der Waals surface area contributed by atoms with Gasteiger partial charge in [0.2, 0.25) is 0 Å². The lowest BCUT2D eigenvalue weighted by atomic mass is 9.98. The first kappa shape index (κ1) is 18.5. The maximum Gasteiger partial charge on any atom is 0.270 e. The van der Waals surface area contributed by atoms with E-state index in [1.165, 1.54) is 0 Å². The molecule has 0 bridgehead atoms. The highest BCUT2D eigenvalue weighted by atomic mass is 16.4. The Bertz CT molecular complexity index is 739. The quantitative estimate of drug-likeness (QED) is 0.818. The molecule has 140 valence electrons. The first-order valence-corrected chi connectivity index (χ1v) is 9.05. The van der Waals surface area contributed by atoms with Gasteiger partial charge in [-0.05, 0) is 57.4 Å². The van der Waals surface area contributed by atoms with Crippen molar-refractivity contribution in [1.82, 2.24) is 20.2 Å². The van der Waals surface area contributed by atoms with Crippen molar-refractivity contribution in [2.45, 2.75) is 39.8 Å². The lowest BCUT2D eigenvalue weighted by Crippen LogP contribution is -2.40. The van der Waals surface area contributed by atoms with Crippen molar-refractivity contribution in [3.63, 3.8) is 0 Å². The van der Waals surface area contributed by atoms with Crippen LogP contribution < -0.4 is 5.32 Å². The number of nitrogens with one attached hydrogen (secondary N) is 1. The van der Waals surface area contributed by atoms with Crippen molar-refractivity contribution < 1.29 is 14.3 Å². The molecule has 1 unspecified atom stereocenters. The van der Waals surface area contributed by atoms with E-state index >= 15 is 0 Å². The number of carbonyl (C=O) groups is 1. The molecule has 1 aliphatic heterocycles. The molecule has 0 radical (unpaired) electrons. The number of carbonyl (C=O) groups excluding carboxylic acids is 1. The third kappa shape index (κ3) is 4.89. The fraction of sp³-hybridized carbons (Fsp3) is 0.526. The van der Waals surface area contributed by atoms with Gasteiger partial charge in [-0.2, -0.15) is 0 Å². The van der Waals surface area contributed by atoms with Gasteiger partial charge in [0, 0.05) is 18.8 Å². The van der Waals surface area contributed by atoms with Crippen LogP contribution in [-0.2, 0) is 13.2 Å². The summed E-state index contributed by atoms with van der Waals surface area (Å²) < 4.78 is 5.57. The van der Waals surface area contributed by atoms with Gasteiger partial charge < -0.3 is 14.8 Å². The van der Waals surface area contributed by atoms with Gasteiger partial charge in [-0.3, -0.25) is 9.69 Å². The molecule has 1 fully saturated rings. The number of nitrogens with zero attached hydrogens (tertiary/aromatic N) is 3. The van der Waals surface area contributed by atoms with Crippen LogP contribution in [0.3, 0.4) is 0 Å². The van der Waals surface area contributed by atoms with E-state index in [1.807, 2.05) is 19.1 Å². The fourth-order valence-electron chi connectivity index (χ4n) is 3.44. The third-order valence-electron chi connectivity index (χ3n) is 4.61. The van der Waals surface area contributed by atoms with Crippen LogP contribution in [0.2, 0.25) is 0 Å². The highest BCUT2D eigenvalue weighted by Crippen LogP contribution is 2.19. The number of aliphatic hydroxyl groups is 1. The summed E-state index contributed by atoms with van der Waals surface area (Å²) in [5.74, 6) is 2.33. The maximum absolute atomic E-state index is 12.3. The predicted octanol–water partition coefficient (Wildman–Crippen LogP) is 1.82. The number of likely N-dealkylation sites (tertiary alicyclic amines) is 1. The van der Waals surface area contributed by atoms with Gasteiger partial charge in [0.25, 0.3) is 5.91 Å². The number of aryl methyl sites for hydroxylation is 2. The number of rotatable bonds is 6. The van der Waals surface area contributed by atoms with E-state index in [0.717, 1.165) is 43.9 Å². The summed E-state index contributed by atoms with van der Waals surface area (Å²) in [5, 5.41) is 12.1. The van der Waals surface area contributed by atoms with Gasteiger partial charge in [0.1, 0.15) is 29.6 Å². The molecular weight excluding hydrogens is 332 g/mol. The van der Waals surface area contributed by atoms with Crippen molar-refractivity contribution in [1.29, 1.82) is 0 Å². The minimum absolute atomic E-state index is 0.0728. The van der Waals surface area contributed by atoms with E-state index in [-0.39, 0.29) is 12.5 Å². The zero-order chi connectivity index (χ0) is 18.5. The van der Waals surface area contributed by atoms with E-state index in [0.29, 0.717) is 29.7 Å². The molecule has 1 amide bonds. The highest BCUT2D eigenvalue weighted by Gasteiger charge is 2.22. The molecule has 0 saturated carbocycles. The maximum atomic E-state index is 12.3. The Morgan fingerprint density at radius 2 is 2.15 bits per heavy atom. The number of piperidine rings is 1. The summed E-state index contributed by atoms with van der Waals surface area (Å²) in [6.45, 7) is 6.88. The molecule has 0 spiro atoms. The van der Waals surface area contributed by atoms with Crippen molar-refractivity contribution in [2.24, 2.45) is 5.92 Å². The van der Waals surface area contributed by atoms with E-state index in [4.69, 9.17) is 9.52 Å². The van der Waals surface area contributed by atoms with E-state index in [1.54, 1.807) is 13.0 Å². The van der Waals surface area contributed by atoms with Crippen LogP contribution >= 0.6 is 0 Å². The number of hydrogen-bond acceptors (Lipinski definition) is 6. The summed E-state index contributed by atoms with van der Waals surface area (Å²) in [7, 11) is 0. The topological polar surface area (TPSA) is 91.5 Å². The summed E-state index contributed by atoms with van der Waals surface area (Å²) in [5.41, 5.74) is 1.22. The first-order chi connectivity index (χ1) is 12.5. The molecule has 26 heavy (non-hydrogen) atoms. The molecular formula is C19H26N4O3. The second-order valence-electron chi connectivity index (χ2n) is 6.92. The van der Waals surface area contributed by atoms with E-state index < -0.39 is 0 Å². The Kier molecular flexibility index (Phi) is 6.00. The monoisotopic (exact) mass is 358 g/mol. The van der Waals surface area contributed by atoms with Gasteiger partial charge in [0.05, 0.1) is 6.54 Å². The molecule has 2 aromatic rings. The lowest BCUT2D eigenvalue weighted by molar-refractivity contribution is 0.0922. The van der Waals surface area contributed by atoms with Gasteiger partial charge in [-0.1, -0.05) is 0 Å². The molecule has 0 aromatic carbocycles. The van der Waals surface area contributed by atoms with Crippen LogP contribution in [0.15, 0.2) is 22.6 Å². The standard InChI is InChI=1S/C19H26N4O3/c1-13-8-18(22-14(2)21-13)19(25)20-9-15-4-3-7-23(10-15)11-16-5-6-17(12-24)26-16/h5-6,8,15,24H,3-4,7,9-12H2,1-2H3,(H,20,25). The Morgan fingerprint density at radius 3 is 2.88 bits per heavy atom. The minimum atomic E-state index is -0.144.